The quantitative estimate of drug-likeness (QED) is 0.643. The zero-order chi connectivity index (χ0) is 12.6. The third kappa shape index (κ3) is 2.09. The molecule has 0 unspecified atom stereocenters. The van der Waals surface area contributed by atoms with Crippen LogP contribution in [0.3, 0.4) is 0 Å². The summed E-state index contributed by atoms with van der Waals surface area (Å²) in [6.07, 6.45) is 0. The summed E-state index contributed by atoms with van der Waals surface area (Å²) >= 11 is 0. The molecule has 0 nitrogen and oxygen atoms in total. The second kappa shape index (κ2) is 4.52. The van der Waals surface area contributed by atoms with Crippen LogP contribution in [0.2, 0.25) is 0 Å². The first-order valence-corrected chi connectivity index (χ1v) is 6.54. The van der Waals surface area contributed by atoms with Crippen LogP contribution in [0, 0.1) is 6.92 Å². The number of aryl methyl sites for hydroxylation is 1. The van der Waals surface area contributed by atoms with Gasteiger partial charge in [0.05, 0.1) is 0 Å². The van der Waals surface area contributed by atoms with Crippen LogP contribution >= 0.6 is 0 Å². The fourth-order valence-electron chi connectivity index (χ4n) is 2.73. The first-order chi connectivity index (χ1) is 8.02. The zero-order valence-electron chi connectivity index (χ0n) is 11.5. The van der Waals surface area contributed by atoms with E-state index < -0.39 is 0 Å². The van der Waals surface area contributed by atoms with E-state index in [0.717, 1.165) is 0 Å². The molecular formula is C17H22. The molecule has 0 bridgehead atoms. The van der Waals surface area contributed by atoms with Gasteiger partial charge in [0.2, 0.25) is 0 Å². The Hall–Kier alpha value is -1.30. The van der Waals surface area contributed by atoms with E-state index in [2.05, 4.69) is 65.0 Å². The predicted molar refractivity (Wildman–Crippen MR) is 76.9 cm³/mol. The van der Waals surface area contributed by atoms with E-state index in [0.29, 0.717) is 11.8 Å². The largest absolute Gasteiger partial charge is 0.0616 e. The summed E-state index contributed by atoms with van der Waals surface area (Å²) in [6.45, 7) is 11.4. The second-order valence-electron chi connectivity index (χ2n) is 5.55. The molecule has 0 atom stereocenters. The number of hydrogen-bond donors (Lipinski definition) is 0. The molecule has 0 heteroatoms. The normalized spacial score (nSPS) is 11.7. The van der Waals surface area contributed by atoms with Crippen molar-refractivity contribution in [3.8, 4) is 0 Å². The Labute approximate surface area is 105 Å². The smallest absolute Gasteiger partial charge is 0.0144 e. The van der Waals surface area contributed by atoms with Gasteiger partial charge in [-0.1, -0.05) is 58.0 Å². The van der Waals surface area contributed by atoms with Crippen molar-refractivity contribution in [3.63, 3.8) is 0 Å². The van der Waals surface area contributed by atoms with Gasteiger partial charge < -0.3 is 0 Å². The molecule has 0 N–H and O–H groups in total. The van der Waals surface area contributed by atoms with Crippen molar-refractivity contribution in [2.45, 2.75) is 46.5 Å². The van der Waals surface area contributed by atoms with Crippen molar-refractivity contribution in [3.05, 3.63) is 47.0 Å². The van der Waals surface area contributed by atoms with Gasteiger partial charge in [-0.2, -0.15) is 0 Å². The van der Waals surface area contributed by atoms with Crippen molar-refractivity contribution in [1.82, 2.24) is 0 Å². The van der Waals surface area contributed by atoms with Crippen molar-refractivity contribution in [2.75, 3.05) is 0 Å². The summed E-state index contributed by atoms with van der Waals surface area (Å²) in [6, 6.07) is 11.2. The Kier molecular flexibility index (Phi) is 3.24. The molecule has 90 valence electrons. The van der Waals surface area contributed by atoms with Gasteiger partial charge in [0.1, 0.15) is 0 Å². The van der Waals surface area contributed by atoms with E-state index in [1.54, 1.807) is 0 Å². The van der Waals surface area contributed by atoms with Crippen LogP contribution in [-0.2, 0) is 0 Å². The molecule has 0 spiro atoms. The van der Waals surface area contributed by atoms with Crippen LogP contribution in [0.15, 0.2) is 30.3 Å². The molecule has 2 rings (SSSR count). The molecule has 0 aromatic heterocycles. The van der Waals surface area contributed by atoms with E-state index in [9.17, 15) is 0 Å². The van der Waals surface area contributed by atoms with Crippen LogP contribution in [0.4, 0.5) is 0 Å². The van der Waals surface area contributed by atoms with E-state index >= 15 is 0 Å². The minimum absolute atomic E-state index is 0.581. The van der Waals surface area contributed by atoms with Gasteiger partial charge in [-0.3, -0.25) is 0 Å². The topological polar surface area (TPSA) is 0 Å². The van der Waals surface area contributed by atoms with Crippen molar-refractivity contribution in [1.29, 1.82) is 0 Å². The highest BCUT2D eigenvalue weighted by atomic mass is 14.2. The van der Waals surface area contributed by atoms with Gasteiger partial charge in [0, 0.05) is 0 Å². The molecular weight excluding hydrogens is 204 g/mol. The molecule has 0 saturated heterocycles. The highest BCUT2D eigenvalue weighted by Gasteiger charge is 2.14. The average molecular weight is 226 g/mol. The lowest BCUT2D eigenvalue weighted by Crippen LogP contribution is -2.01. The average Bonchev–Trinajstić information content (AvgIpc) is 2.28. The number of fused-ring (bicyclic) bond motifs is 1. The zero-order valence-corrected chi connectivity index (χ0v) is 11.5. The van der Waals surface area contributed by atoms with E-state index in [1.807, 2.05) is 0 Å². The van der Waals surface area contributed by atoms with Crippen LogP contribution in [0.5, 0.6) is 0 Å². The summed E-state index contributed by atoms with van der Waals surface area (Å²) in [5.41, 5.74) is 4.44. The van der Waals surface area contributed by atoms with Gasteiger partial charge in [0.25, 0.3) is 0 Å². The Morgan fingerprint density at radius 2 is 1.41 bits per heavy atom. The summed E-state index contributed by atoms with van der Waals surface area (Å²) in [5.74, 6) is 1.17. The van der Waals surface area contributed by atoms with Crippen LogP contribution in [-0.4, -0.2) is 0 Å². The Balaban J connectivity index is 2.88. The molecule has 0 heterocycles. The minimum atomic E-state index is 0.581. The molecule has 2 aromatic rings. The van der Waals surface area contributed by atoms with Gasteiger partial charge in [-0.25, -0.2) is 0 Å². The van der Waals surface area contributed by atoms with Crippen molar-refractivity contribution < 1.29 is 0 Å². The molecule has 0 aliphatic carbocycles. The fourth-order valence-corrected chi connectivity index (χ4v) is 2.73. The minimum Gasteiger partial charge on any atom is -0.0616 e. The summed E-state index contributed by atoms with van der Waals surface area (Å²) < 4.78 is 0. The van der Waals surface area contributed by atoms with Crippen LogP contribution in [0.25, 0.3) is 10.8 Å². The molecule has 2 aromatic carbocycles. The maximum Gasteiger partial charge on any atom is -0.0144 e. The molecule has 0 radical (unpaired) electrons. The molecule has 0 saturated carbocycles. The second-order valence-corrected chi connectivity index (χ2v) is 5.55. The van der Waals surface area contributed by atoms with E-state index in [1.165, 1.54) is 27.5 Å². The maximum absolute atomic E-state index is 2.38. The maximum atomic E-state index is 2.38. The number of benzene rings is 2. The van der Waals surface area contributed by atoms with Crippen LogP contribution < -0.4 is 0 Å². The van der Waals surface area contributed by atoms with Gasteiger partial charge >= 0.3 is 0 Å². The summed E-state index contributed by atoms with van der Waals surface area (Å²) in [7, 11) is 0. The third-order valence-electron chi connectivity index (χ3n) is 3.52. The van der Waals surface area contributed by atoms with Crippen LogP contribution in [0.1, 0.15) is 56.2 Å². The van der Waals surface area contributed by atoms with Gasteiger partial charge in [-0.05, 0) is 46.2 Å². The number of hydrogen-bond acceptors (Lipinski definition) is 0. The highest BCUT2D eigenvalue weighted by molar-refractivity contribution is 5.90. The molecule has 17 heavy (non-hydrogen) atoms. The monoisotopic (exact) mass is 226 g/mol. The van der Waals surface area contributed by atoms with Gasteiger partial charge in [0.15, 0.2) is 0 Å². The number of rotatable bonds is 2. The fraction of sp³-hybridized carbons (Fsp3) is 0.412. The third-order valence-corrected chi connectivity index (χ3v) is 3.52. The first kappa shape index (κ1) is 12.2. The summed E-state index contributed by atoms with van der Waals surface area (Å²) in [5, 5.41) is 2.84. The van der Waals surface area contributed by atoms with E-state index in [4.69, 9.17) is 0 Å². The Morgan fingerprint density at radius 3 is 1.94 bits per heavy atom. The standard InChI is InChI=1S/C17H22/c1-11(2)16-10-13(5)14-8-6-7-9-15(14)17(16)12(3)4/h6-12H,1-5H3. The van der Waals surface area contributed by atoms with Crippen molar-refractivity contribution >= 4 is 10.8 Å². The molecule has 0 fully saturated rings. The summed E-state index contributed by atoms with van der Waals surface area (Å²) in [4.78, 5) is 0. The lowest BCUT2D eigenvalue weighted by atomic mass is 9.85. The van der Waals surface area contributed by atoms with E-state index in [-0.39, 0.29) is 0 Å². The highest BCUT2D eigenvalue weighted by Crippen LogP contribution is 2.34. The Morgan fingerprint density at radius 1 is 0.824 bits per heavy atom. The lowest BCUT2D eigenvalue weighted by Gasteiger charge is -2.20. The molecule has 0 aliphatic heterocycles. The molecule has 0 amide bonds. The Bertz CT molecular complexity index is 533. The molecule has 0 aliphatic rings. The first-order valence-electron chi connectivity index (χ1n) is 6.54. The van der Waals surface area contributed by atoms with Gasteiger partial charge in [-0.15, -0.1) is 0 Å². The SMILES string of the molecule is Cc1cc(C(C)C)c(C(C)C)c2ccccc12. The lowest BCUT2D eigenvalue weighted by molar-refractivity contribution is 0.796. The van der Waals surface area contributed by atoms with Crippen molar-refractivity contribution in [2.24, 2.45) is 0 Å². The predicted octanol–water partition coefficient (Wildman–Crippen LogP) is 5.40.